The number of halogens is 2. The molecule has 0 saturated carbocycles. The van der Waals surface area contributed by atoms with Gasteiger partial charge >= 0.3 is 6.01 Å². The van der Waals surface area contributed by atoms with Crippen LogP contribution >= 0.6 is 0 Å². The van der Waals surface area contributed by atoms with E-state index in [0.717, 1.165) is 12.8 Å². The van der Waals surface area contributed by atoms with Crippen LogP contribution in [0.4, 0.5) is 14.6 Å². The number of piperazine rings is 1. The van der Waals surface area contributed by atoms with E-state index in [1.54, 1.807) is 0 Å². The Morgan fingerprint density at radius 1 is 1.14 bits per heavy atom. The fourth-order valence-corrected chi connectivity index (χ4v) is 5.70. The highest BCUT2D eigenvalue weighted by atomic mass is 19.1. The summed E-state index contributed by atoms with van der Waals surface area (Å²) in [6.07, 6.45) is 2.08. The molecule has 5 heterocycles. The maximum absolute atomic E-state index is 16.2. The van der Waals surface area contributed by atoms with Crippen LogP contribution in [0.15, 0.2) is 30.3 Å². The number of benzene rings is 2. The van der Waals surface area contributed by atoms with E-state index in [1.807, 2.05) is 0 Å². The summed E-state index contributed by atoms with van der Waals surface area (Å²) in [6, 6.07) is 7.54. The monoisotopic (exact) mass is 477 g/mol. The number of methoxy groups -OCH3 is 1. The largest absolute Gasteiger partial charge is 0.508 e. The molecule has 8 nitrogen and oxygen atoms in total. The van der Waals surface area contributed by atoms with Gasteiger partial charge in [0.25, 0.3) is 0 Å². The first-order valence-electron chi connectivity index (χ1n) is 11.5. The van der Waals surface area contributed by atoms with E-state index in [-0.39, 0.29) is 46.5 Å². The van der Waals surface area contributed by atoms with Crippen LogP contribution in [0.3, 0.4) is 0 Å². The second-order valence-electron chi connectivity index (χ2n) is 9.27. The number of anilines is 1. The zero-order valence-electron chi connectivity index (χ0n) is 18.8. The fraction of sp³-hybridized carbons (Fsp3) is 0.320. The zero-order valence-corrected chi connectivity index (χ0v) is 18.8. The number of rotatable bonds is 2. The van der Waals surface area contributed by atoms with Crippen LogP contribution in [-0.2, 0) is 0 Å². The van der Waals surface area contributed by atoms with Gasteiger partial charge in [0.1, 0.15) is 40.6 Å². The van der Waals surface area contributed by atoms with Crippen molar-refractivity contribution in [3.63, 3.8) is 0 Å². The van der Waals surface area contributed by atoms with Crippen molar-refractivity contribution >= 4 is 27.5 Å². The van der Waals surface area contributed by atoms with Gasteiger partial charge in [0, 0.05) is 24.2 Å². The lowest BCUT2D eigenvalue weighted by Gasteiger charge is -2.40. The van der Waals surface area contributed by atoms with E-state index in [0.29, 0.717) is 41.2 Å². The van der Waals surface area contributed by atoms with Crippen LogP contribution in [0.25, 0.3) is 32.9 Å². The van der Waals surface area contributed by atoms with E-state index >= 15 is 4.39 Å². The molecule has 3 aliphatic rings. The molecule has 2 aromatic carbocycles. The van der Waals surface area contributed by atoms with Gasteiger partial charge in [0.15, 0.2) is 5.82 Å². The number of aromatic hydroxyl groups is 1. The zero-order chi connectivity index (χ0) is 23.8. The van der Waals surface area contributed by atoms with Crippen molar-refractivity contribution < 1.29 is 23.4 Å². The molecule has 2 aromatic heterocycles. The fourth-order valence-electron chi connectivity index (χ4n) is 5.70. The molecule has 0 radical (unpaired) electrons. The first-order valence-corrected chi connectivity index (χ1v) is 11.5. The second kappa shape index (κ2) is 7.35. The molecular weight excluding hydrogens is 456 g/mol. The molecule has 3 unspecified atom stereocenters. The number of nitrogens with one attached hydrogen (secondary N) is 1. The van der Waals surface area contributed by atoms with Crippen LogP contribution < -0.4 is 19.7 Å². The van der Waals surface area contributed by atoms with Crippen molar-refractivity contribution in [1.29, 1.82) is 0 Å². The molecule has 0 spiro atoms. The molecule has 3 aliphatic heterocycles. The Morgan fingerprint density at radius 3 is 2.89 bits per heavy atom. The first kappa shape index (κ1) is 20.6. The third-order valence-corrected chi connectivity index (χ3v) is 7.27. The first-order chi connectivity index (χ1) is 17.0. The van der Waals surface area contributed by atoms with Gasteiger partial charge in [-0.1, -0.05) is 6.07 Å². The molecule has 2 bridgehead atoms. The number of aromatic nitrogens is 3. The molecule has 178 valence electrons. The highest BCUT2D eigenvalue weighted by Gasteiger charge is 2.44. The lowest BCUT2D eigenvalue weighted by Crippen LogP contribution is -2.60. The molecule has 2 fully saturated rings. The summed E-state index contributed by atoms with van der Waals surface area (Å²) in [7, 11) is 1.44. The van der Waals surface area contributed by atoms with Crippen molar-refractivity contribution in [2.24, 2.45) is 0 Å². The topological polar surface area (TPSA) is 92.6 Å². The Labute approximate surface area is 198 Å². The smallest absolute Gasteiger partial charge is 0.318 e. The molecule has 7 rings (SSSR count). The van der Waals surface area contributed by atoms with Gasteiger partial charge in [0.2, 0.25) is 5.88 Å². The van der Waals surface area contributed by atoms with Crippen molar-refractivity contribution in [1.82, 2.24) is 20.3 Å². The van der Waals surface area contributed by atoms with Crippen LogP contribution in [0.5, 0.6) is 17.6 Å². The van der Waals surface area contributed by atoms with Gasteiger partial charge in [0.05, 0.1) is 13.2 Å². The molecule has 2 N–H and O–H groups in total. The molecule has 4 aromatic rings. The Morgan fingerprint density at radius 2 is 2.03 bits per heavy atom. The highest BCUT2D eigenvalue weighted by molar-refractivity contribution is 6.02. The highest BCUT2D eigenvalue weighted by Crippen LogP contribution is 2.44. The van der Waals surface area contributed by atoms with E-state index in [1.165, 1.54) is 37.4 Å². The summed E-state index contributed by atoms with van der Waals surface area (Å²) >= 11 is 0. The third-order valence-electron chi connectivity index (χ3n) is 7.27. The molecule has 35 heavy (non-hydrogen) atoms. The van der Waals surface area contributed by atoms with Gasteiger partial charge in [-0.15, -0.1) is 0 Å². The average molecular weight is 477 g/mol. The number of hydrogen-bond acceptors (Lipinski definition) is 8. The van der Waals surface area contributed by atoms with E-state index in [9.17, 15) is 9.50 Å². The maximum atomic E-state index is 16.2. The van der Waals surface area contributed by atoms with E-state index in [4.69, 9.17) is 9.47 Å². The van der Waals surface area contributed by atoms with Crippen molar-refractivity contribution in [3.8, 4) is 28.9 Å². The average Bonchev–Trinajstić information content (AvgIpc) is 3.17. The van der Waals surface area contributed by atoms with Crippen molar-refractivity contribution in [2.75, 3.05) is 25.2 Å². The van der Waals surface area contributed by atoms with Gasteiger partial charge < -0.3 is 24.8 Å². The lowest BCUT2D eigenvalue weighted by atomic mass is 10.00. The third kappa shape index (κ3) is 3.02. The summed E-state index contributed by atoms with van der Waals surface area (Å²) in [5.74, 6) is -0.556. The summed E-state index contributed by atoms with van der Waals surface area (Å²) in [4.78, 5) is 15.6. The summed E-state index contributed by atoms with van der Waals surface area (Å²) in [5.41, 5.74) is 0.150. The minimum absolute atomic E-state index is 0.00581. The molecule has 10 heteroatoms. The maximum Gasteiger partial charge on any atom is 0.318 e. The minimum Gasteiger partial charge on any atom is -0.508 e. The van der Waals surface area contributed by atoms with Crippen molar-refractivity contribution in [2.45, 2.75) is 31.0 Å². The lowest BCUT2D eigenvalue weighted by molar-refractivity contribution is 0.238. The Kier molecular flexibility index (Phi) is 4.32. The Bertz CT molecular complexity index is 1530. The van der Waals surface area contributed by atoms with Gasteiger partial charge in [-0.05, 0) is 47.9 Å². The summed E-state index contributed by atoms with van der Waals surface area (Å²) in [6.45, 7) is 1.05. The van der Waals surface area contributed by atoms with Crippen LogP contribution in [-0.4, -0.2) is 58.4 Å². The van der Waals surface area contributed by atoms with Gasteiger partial charge in [-0.2, -0.15) is 9.97 Å². The van der Waals surface area contributed by atoms with Crippen LogP contribution in [0, 0.1) is 11.6 Å². The second-order valence-corrected chi connectivity index (χ2v) is 9.27. The number of phenols is 1. The molecule has 2 saturated heterocycles. The normalized spacial score (nSPS) is 22.7. The quantitative estimate of drug-likeness (QED) is 0.453. The SMILES string of the molecule is COc1nc2c3c(nc(-c4cc(O)cc5ccc(F)cc45)c(F)c3n1)OCC1C3CCC(CN21)N3. The standard InChI is InChI=1S/C25H21F2N5O3/c1-34-25-30-22-19-23(31-25)32-9-13-4-5-17(28-13)18(32)10-35-24(19)29-21(20(22)27)16-8-14(33)6-11-2-3-12(26)7-15(11)16/h2-3,6-8,13,17-18,28,33H,4-5,9-10H2,1H3. The molecule has 0 aliphatic carbocycles. The Balaban J connectivity index is 1.52. The summed E-state index contributed by atoms with van der Waals surface area (Å²) < 4.78 is 41.9. The Hall–Kier alpha value is -3.79. The predicted octanol–water partition coefficient (Wildman–Crippen LogP) is 3.54. The molecular formula is C25H21F2N5O3. The number of phenolic OH excluding ortho intramolecular Hbond substituents is 1. The number of fused-ring (bicyclic) bond motifs is 6. The van der Waals surface area contributed by atoms with Gasteiger partial charge in [-0.3, -0.25) is 0 Å². The molecule has 3 atom stereocenters. The summed E-state index contributed by atoms with van der Waals surface area (Å²) in [5, 5.41) is 15.3. The number of pyridine rings is 1. The number of hydrogen-bond donors (Lipinski definition) is 2. The molecule has 0 amide bonds. The number of nitrogens with zero attached hydrogens (tertiary/aromatic N) is 4. The van der Waals surface area contributed by atoms with Crippen LogP contribution in [0.2, 0.25) is 0 Å². The van der Waals surface area contributed by atoms with Gasteiger partial charge in [-0.25, -0.2) is 13.8 Å². The van der Waals surface area contributed by atoms with E-state index < -0.39 is 11.6 Å². The predicted molar refractivity (Wildman–Crippen MR) is 125 cm³/mol. The minimum atomic E-state index is -0.720. The van der Waals surface area contributed by atoms with Crippen LogP contribution in [0.1, 0.15) is 12.8 Å². The van der Waals surface area contributed by atoms with E-state index in [2.05, 4.69) is 25.2 Å². The van der Waals surface area contributed by atoms with Crippen molar-refractivity contribution in [3.05, 3.63) is 42.0 Å². The number of ether oxygens (including phenoxy) is 2.